The first-order valence-electron chi connectivity index (χ1n) is 18.2. The molecule has 2 aromatic rings. The summed E-state index contributed by atoms with van der Waals surface area (Å²) in [6.07, 6.45) is -18.3. The second-order valence-corrected chi connectivity index (χ2v) is 14.5. The Hall–Kier alpha value is -4.30. The predicted molar refractivity (Wildman–Crippen MR) is 187 cm³/mol. The summed E-state index contributed by atoms with van der Waals surface area (Å²) >= 11 is 0. The van der Waals surface area contributed by atoms with E-state index in [1.54, 1.807) is 9.80 Å². The second kappa shape index (κ2) is 17.7. The third-order valence-electron chi connectivity index (χ3n) is 9.97. The van der Waals surface area contributed by atoms with Crippen LogP contribution < -0.4 is 9.80 Å². The van der Waals surface area contributed by atoms with Crippen molar-refractivity contribution in [2.75, 3.05) is 22.9 Å². The van der Waals surface area contributed by atoms with Gasteiger partial charge in [-0.25, -0.2) is 0 Å². The SMILES string of the molecule is CC.Cc1cc(/C=C/C(F)(F)C(F)(F)C(F)(F)C(F)(F)C(F)(F)C(F)(F)F)cc(C)c1N1CCN(c2c(C)cc(/C=C/C(F)(F)C(F)(F)C(F)(F)C(F)(F)C(F)(F)C(F)(F)F)cc2C)C1C. The van der Waals surface area contributed by atoms with E-state index >= 15 is 0 Å². The van der Waals surface area contributed by atoms with Crippen LogP contribution in [-0.4, -0.2) is 90.8 Å². The lowest BCUT2D eigenvalue weighted by molar-refractivity contribution is -0.436. The van der Waals surface area contributed by atoms with E-state index < -0.39 is 101 Å². The van der Waals surface area contributed by atoms with Crippen LogP contribution in [0.2, 0.25) is 0 Å². The van der Waals surface area contributed by atoms with E-state index in [4.69, 9.17) is 0 Å². The molecule has 1 saturated heterocycles. The zero-order valence-electron chi connectivity index (χ0n) is 34.3. The lowest BCUT2D eigenvalue weighted by Gasteiger charge is -2.39. The van der Waals surface area contributed by atoms with Crippen LogP contribution in [-0.2, 0) is 0 Å². The Bertz CT molecular complexity index is 1920. The van der Waals surface area contributed by atoms with E-state index in [0.717, 1.165) is 24.3 Å². The number of rotatable bonds is 14. The highest BCUT2D eigenvalue weighted by Gasteiger charge is 2.92. The Labute approximate surface area is 356 Å². The Morgan fingerprint density at radius 3 is 0.803 bits per heavy atom. The molecule has 0 aliphatic carbocycles. The summed E-state index contributed by atoms with van der Waals surface area (Å²) in [6, 6.07) is 3.79. The van der Waals surface area contributed by atoms with Crippen LogP contribution in [0.1, 0.15) is 54.2 Å². The summed E-state index contributed by atoms with van der Waals surface area (Å²) in [6.45, 7) is 10.8. The molecular formula is C38H34F26N2. The summed E-state index contributed by atoms with van der Waals surface area (Å²) < 4.78 is 351. The lowest BCUT2D eigenvalue weighted by atomic mass is 9.93. The van der Waals surface area contributed by atoms with Crippen molar-refractivity contribution < 1.29 is 114 Å². The van der Waals surface area contributed by atoms with Crippen LogP contribution in [0.25, 0.3) is 12.2 Å². The van der Waals surface area contributed by atoms with Crippen molar-refractivity contribution in [2.45, 2.75) is 126 Å². The second-order valence-electron chi connectivity index (χ2n) is 14.5. The Morgan fingerprint density at radius 2 is 0.591 bits per heavy atom. The number of halogens is 26. The van der Waals surface area contributed by atoms with Crippen molar-refractivity contribution in [1.29, 1.82) is 0 Å². The molecule has 3 rings (SSSR count). The van der Waals surface area contributed by atoms with Crippen molar-refractivity contribution in [3.05, 3.63) is 69.8 Å². The van der Waals surface area contributed by atoms with Gasteiger partial charge < -0.3 is 9.80 Å². The van der Waals surface area contributed by atoms with Crippen molar-refractivity contribution in [1.82, 2.24) is 0 Å². The molecule has 0 atom stereocenters. The van der Waals surface area contributed by atoms with Crippen LogP contribution >= 0.6 is 0 Å². The van der Waals surface area contributed by atoms with Gasteiger partial charge in [0.25, 0.3) is 0 Å². The molecule has 0 amide bonds. The van der Waals surface area contributed by atoms with Crippen molar-refractivity contribution in [2.24, 2.45) is 0 Å². The van der Waals surface area contributed by atoms with Crippen LogP contribution in [0.3, 0.4) is 0 Å². The van der Waals surface area contributed by atoms with Crippen LogP contribution in [0.5, 0.6) is 0 Å². The van der Waals surface area contributed by atoms with Gasteiger partial charge in [0, 0.05) is 24.5 Å². The number of benzene rings is 2. The molecule has 0 radical (unpaired) electrons. The van der Waals surface area contributed by atoms with E-state index in [1.165, 1.54) is 34.6 Å². The van der Waals surface area contributed by atoms with Crippen LogP contribution in [0.4, 0.5) is 126 Å². The first-order valence-corrected chi connectivity index (χ1v) is 18.2. The minimum Gasteiger partial charge on any atom is -0.349 e. The standard InChI is InChI=1S/C36H28F26N2.C2H6/c1-16-12-21(6-8-25(37,38)27(41,42)29(45,46)31(49,50)33(53,54)35(57,58)59)13-17(2)23(16)63-10-11-64(20(63)5)24-18(3)14-22(15-19(24)4)7-9-26(39,40)28(43,44)30(47,48)32(51,52)34(55,56)36(60,61)62;1-2/h6-9,12-15,20H,10-11H2,1-5H3;1-2H3/b8-6+,9-7+;. The van der Waals surface area contributed by atoms with Gasteiger partial charge in [-0.3, -0.25) is 0 Å². The molecule has 0 N–H and O–H groups in total. The zero-order valence-corrected chi connectivity index (χ0v) is 34.3. The molecule has 0 saturated carbocycles. The van der Waals surface area contributed by atoms with Gasteiger partial charge in [-0.05, 0) is 104 Å². The number of hydrogen-bond acceptors (Lipinski definition) is 2. The van der Waals surface area contributed by atoms with E-state index in [1.807, 2.05) is 13.8 Å². The van der Waals surface area contributed by atoms with Crippen molar-refractivity contribution in [3.63, 3.8) is 0 Å². The van der Waals surface area contributed by atoms with E-state index in [-0.39, 0.29) is 58.9 Å². The number of allylic oxidation sites excluding steroid dienone is 2. The molecule has 2 aromatic carbocycles. The molecule has 1 aliphatic rings. The molecule has 2 nitrogen and oxygen atoms in total. The fourth-order valence-electron chi connectivity index (χ4n) is 6.61. The maximum Gasteiger partial charge on any atom is 0.460 e. The van der Waals surface area contributed by atoms with Gasteiger partial charge in [0.2, 0.25) is 0 Å². The maximum atomic E-state index is 14.4. The molecule has 378 valence electrons. The summed E-state index contributed by atoms with van der Waals surface area (Å²) in [5, 5.41) is 0. The fraction of sp³-hybridized carbons (Fsp3) is 0.579. The summed E-state index contributed by atoms with van der Waals surface area (Å²) in [5.74, 6) is -76.1. The number of alkyl halides is 26. The van der Waals surface area contributed by atoms with Crippen molar-refractivity contribution >= 4 is 23.5 Å². The van der Waals surface area contributed by atoms with Crippen LogP contribution in [0.15, 0.2) is 36.4 Å². The van der Waals surface area contributed by atoms with Gasteiger partial charge in [0.1, 0.15) is 0 Å². The van der Waals surface area contributed by atoms with Crippen molar-refractivity contribution in [3.8, 4) is 0 Å². The highest BCUT2D eigenvalue weighted by atomic mass is 19.4. The Kier molecular flexibility index (Phi) is 15.5. The summed E-state index contributed by atoms with van der Waals surface area (Å²) in [5.41, 5.74) is -0.154. The van der Waals surface area contributed by atoms with E-state index in [0.29, 0.717) is 0 Å². The molecule has 66 heavy (non-hydrogen) atoms. The highest BCUT2D eigenvalue weighted by molar-refractivity contribution is 5.71. The molecule has 0 aromatic heterocycles. The molecule has 0 unspecified atom stereocenters. The van der Waals surface area contributed by atoms with E-state index in [9.17, 15) is 114 Å². The molecule has 0 bridgehead atoms. The number of anilines is 2. The van der Waals surface area contributed by atoms with Gasteiger partial charge in [-0.2, -0.15) is 114 Å². The molecule has 28 heteroatoms. The fourth-order valence-corrected chi connectivity index (χ4v) is 6.61. The number of nitrogens with zero attached hydrogens (tertiary/aromatic N) is 2. The molecule has 0 spiro atoms. The van der Waals surface area contributed by atoms with Gasteiger partial charge in [-0.15, -0.1) is 0 Å². The molecule has 1 aliphatic heterocycles. The third-order valence-corrected chi connectivity index (χ3v) is 9.97. The summed E-state index contributed by atoms with van der Waals surface area (Å²) in [7, 11) is 0. The normalized spacial score (nSPS) is 16.5. The molecular weight excluding hydrogens is 978 g/mol. The first-order chi connectivity index (χ1) is 29.2. The first kappa shape index (κ1) is 57.8. The van der Waals surface area contributed by atoms with Crippen LogP contribution in [0, 0.1) is 27.7 Å². The monoisotopic (exact) mass is 1010 g/mol. The lowest BCUT2D eigenvalue weighted by Crippen LogP contribution is -2.69. The quantitative estimate of drug-likeness (QED) is 0.174. The van der Waals surface area contributed by atoms with Gasteiger partial charge in [0.05, 0.1) is 6.17 Å². The minimum atomic E-state index is -8.09. The highest BCUT2D eigenvalue weighted by Crippen LogP contribution is 2.62. The smallest absolute Gasteiger partial charge is 0.349 e. The maximum absolute atomic E-state index is 14.4. The topological polar surface area (TPSA) is 6.48 Å². The van der Waals surface area contributed by atoms with Gasteiger partial charge in [0.15, 0.2) is 0 Å². The number of hydrogen-bond donors (Lipinski definition) is 0. The predicted octanol–water partition coefficient (Wildman–Crippen LogP) is 15.1. The Balaban J connectivity index is 0.00000737. The zero-order chi connectivity index (χ0) is 52.4. The average molecular weight is 1010 g/mol. The largest absolute Gasteiger partial charge is 0.460 e. The number of aryl methyl sites for hydroxylation is 4. The Morgan fingerprint density at radius 1 is 0.379 bits per heavy atom. The minimum absolute atomic E-state index is 0.0412. The molecule has 1 fully saturated rings. The van der Waals surface area contributed by atoms with Gasteiger partial charge in [-0.1, -0.05) is 26.0 Å². The van der Waals surface area contributed by atoms with Gasteiger partial charge >= 0.3 is 71.6 Å². The van der Waals surface area contributed by atoms with E-state index in [2.05, 4.69) is 0 Å². The average Bonchev–Trinajstić information content (AvgIpc) is 3.51. The summed E-state index contributed by atoms with van der Waals surface area (Å²) in [4.78, 5) is 3.19. The molecule has 1 heterocycles. The third kappa shape index (κ3) is 9.06.